The lowest BCUT2D eigenvalue weighted by Crippen LogP contribution is -2.43. The summed E-state index contributed by atoms with van der Waals surface area (Å²) < 4.78 is 0. The number of nitrogens with one attached hydrogen (secondary N) is 1. The zero-order valence-corrected chi connectivity index (χ0v) is 17.3. The maximum Gasteiger partial charge on any atom is 0.234 e. The van der Waals surface area contributed by atoms with Crippen LogP contribution in [0.1, 0.15) is 50.0 Å². The second-order valence-electron chi connectivity index (χ2n) is 9.03. The first kappa shape index (κ1) is 20.4. The molecule has 0 spiro atoms. The van der Waals surface area contributed by atoms with Crippen molar-refractivity contribution in [2.75, 3.05) is 44.2 Å². The number of carbonyl (C=O) groups is 2. The van der Waals surface area contributed by atoms with Crippen LogP contribution in [0.2, 0.25) is 0 Å². The molecule has 3 aliphatic rings. The average molecular weight is 399 g/mol. The van der Waals surface area contributed by atoms with E-state index in [2.05, 4.69) is 39.4 Å². The van der Waals surface area contributed by atoms with E-state index in [-0.39, 0.29) is 17.7 Å². The molecule has 3 heterocycles. The zero-order chi connectivity index (χ0) is 20.2. The molecule has 1 unspecified atom stereocenters. The number of hydrogen-bond acceptors (Lipinski definition) is 5. The normalized spacial score (nSPS) is 27.1. The van der Waals surface area contributed by atoms with E-state index in [1.165, 1.54) is 51.0 Å². The van der Waals surface area contributed by atoms with Crippen molar-refractivity contribution in [3.05, 3.63) is 29.8 Å². The molecule has 3 saturated heterocycles. The van der Waals surface area contributed by atoms with E-state index in [9.17, 15) is 9.59 Å². The summed E-state index contributed by atoms with van der Waals surface area (Å²) in [5, 5.41) is 2.45. The minimum Gasteiger partial charge on any atom is -0.372 e. The van der Waals surface area contributed by atoms with Gasteiger partial charge >= 0.3 is 0 Å². The number of nitrogens with zero attached hydrogens (tertiary/aromatic N) is 2. The monoisotopic (exact) mass is 398 g/mol. The highest BCUT2D eigenvalue weighted by Gasteiger charge is 2.28. The summed E-state index contributed by atoms with van der Waals surface area (Å²) in [4.78, 5) is 28.5. The number of hydrogen-bond donors (Lipinski definition) is 2. The van der Waals surface area contributed by atoms with Gasteiger partial charge in [-0.1, -0.05) is 12.1 Å². The van der Waals surface area contributed by atoms with Gasteiger partial charge in [0.05, 0.1) is 5.92 Å². The largest absolute Gasteiger partial charge is 0.372 e. The van der Waals surface area contributed by atoms with Crippen LogP contribution in [0.25, 0.3) is 0 Å². The Morgan fingerprint density at radius 1 is 0.966 bits per heavy atom. The molecule has 3 fully saturated rings. The third kappa shape index (κ3) is 4.98. The average Bonchev–Trinajstić information content (AvgIpc) is 2.75. The van der Waals surface area contributed by atoms with Gasteiger partial charge in [0.25, 0.3) is 0 Å². The smallest absolute Gasteiger partial charge is 0.234 e. The fraction of sp³-hybridized carbons (Fsp3) is 0.652. The molecule has 0 aliphatic carbocycles. The molecular weight excluding hydrogens is 364 g/mol. The second-order valence-corrected chi connectivity index (χ2v) is 9.03. The van der Waals surface area contributed by atoms with Crippen molar-refractivity contribution in [3.8, 4) is 0 Å². The molecule has 0 bridgehead atoms. The van der Waals surface area contributed by atoms with E-state index in [0.29, 0.717) is 18.8 Å². The number of rotatable bonds is 5. The standard InChI is InChI=1S/C23H34N4O2/c24-14-18-2-1-11-26(16-18)15-17-9-12-27(13-10-17)20-5-3-19(4-6-20)21-7-8-22(28)25-23(21)29/h3-6,17-18,21H,1-2,7-16,24H2,(H,25,28,29)/t18?,21-/m0/s1. The van der Waals surface area contributed by atoms with Crippen molar-refractivity contribution < 1.29 is 9.59 Å². The predicted octanol–water partition coefficient (Wildman–Crippen LogP) is 2.09. The molecule has 158 valence electrons. The highest BCUT2D eigenvalue weighted by atomic mass is 16.2. The van der Waals surface area contributed by atoms with Gasteiger partial charge < -0.3 is 15.5 Å². The molecule has 6 heteroatoms. The van der Waals surface area contributed by atoms with Crippen LogP contribution < -0.4 is 16.0 Å². The molecule has 0 radical (unpaired) electrons. The number of carbonyl (C=O) groups excluding carboxylic acids is 2. The van der Waals surface area contributed by atoms with Gasteiger partial charge in [0.1, 0.15) is 0 Å². The van der Waals surface area contributed by atoms with Crippen LogP contribution in [0.15, 0.2) is 24.3 Å². The molecule has 0 aromatic heterocycles. The molecule has 2 amide bonds. The van der Waals surface area contributed by atoms with Crippen LogP contribution in [0.4, 0.5) is 5.69 Å². The maximum absolute atomic E-state index is 12.1. The van der Waals surface area contributed by atoms with E-state index >= 15 is 0 Å². The lowest BCUT2D eigenvalue weighted by Gasteiger charge is -2.38. The number of imide groups is 1. The zero-order valence-electron chi connectivity index (χ0n) is 17.3. The third-order valence-electron chi connectivity index (χ3n) is 6.97. The van der Waals surface area contributed by atoms with Crippen LogP contribution in [-0.2, 0) is 9.59 Å². The number of nitrogens with two attached hydrogens (primary N) is 1. The summed E-state index contributed by atoms with van der Waals surface area (Å²) in [5.41, 5.74) is 8.13. The van der Waals surface area contributed by atoms with Crippen molar-refractivity contribution in [3.63, 3.8) is 0 Å². The fourth-order valence-electron chi connectivity index (χ4n) is 5.18. The van der Waals surface area contributed by atoms with Crippen LogP contribution in [0.3, 0.4) is 0 Å². The van der Waals surface area contributed by atoms with Gasteiger partial charge in [0.15, 0.2) is 0 Å². The third-order valence-corrected chi connectivity index (χ3v) is 6.97. The van der Waals surface area contributed by atoms with E-state index in [4.69, 9.17) is 5.73 Å². The van der Waals surface area contributed by atoms with Gasteiger partial charge in [0, 0.05) is 38.3 Å². The minimum atomic E-state index is -0.200. The van der Waals surface area contributed by atoms with Gasteiger partial charge in [-0.3, -0.25) is 14.9 Å². The van der Waals surface area contributed by atoms with E-state index < -0.39 is 0 Å². The Balaban J connectivity index is 1.27. The number of anilines is 1. The molecule has 6 nitrogen and oxygen atoms in total. The molecule has 29 heavy (non-hydrogen) atoms. The Hall–Kier alpha value is -1.92. The quantitative estimate of drug-likeness (QED) is 0.743. The number of piperidine rings is 3. The van der Waals surface area contributed by atoms with Crippen molar-refractivity contribution in [2.24, 2.45) is 17.6 Å². The molecule has 2 atom stereocenters. The summed E-state index contributed by atoms with van der Waals surface area (Å²) in [6.07, 6.45) is 6.09. The summed E-state index contributed by atoms with van der Waals surface area (Å²) >= 11 is 0. The predicted molar refractivity (Wildman–Crippen MR) is 115 cm³/mol. The van der Waals surface area contributed by atoms with E-state index in [0.717, 1.165) is 31.1 Å². The molecule has 3 aliphatic heterocycles. The first-order valence-electron chi connectivity index (χ1n) is 11.2. The van der Waals surface area contributed by atoms with Gasteiger partial charge in [-0.05, 0) is 74.7 Å². The highest BCUT2D eigenvalue weighted by molar-refractivity contribution is 6.00. The SMILES string of the molecule is NCC1CCCN(CC2CCN(c3ccc([C@@H]4CCC(=O)NC4=O)cc3)CC2)C1. The molecule has 4 rings (SSSR count). The Bertz CT molecular complexity index is 712. The summed E-state index contributed by atoms with van der Waals surface area (Å²) in [7, 11) is 0. The van der Waals surface area contributed by atoms with Crippen LogP contribution in [0, 0.1) is 11.8 Å². The highest BCUT2D eigenvalue weighted by Crippen LogP contribution is 2.29. The van der Waals surface area contributed by atoms with Gasteiger partial charge in [-0.15, -0.1) is 0 Å². The first-order valence-corrected chi connectivity index (χ1v) is 11.2. The number of likely N-dealkylation sites (tertiary alicyclic amines) is 1. The van der Waals surface area contributed by atoms with E-state index in [1.54, 1.807) is 0 Å². The first-order chi connectivity index (χ1) is 14.1. The molecule has 3 N–H and O–H groups in total. The van der Waals surface area contributed by atoms with Crippen LogP contribution >= 0.6 is 0 Å². The van der Waals surface area contributed by atoms with Crippen molar-refractivity contribution in [2.45, 2.75) is 44.4 Å². The summed E-state index contributed by atoms with van der Waals surface area (Å²) in [5.74, 6) is 0.949. The Labute approximate surface area is 173 Å². The Morgan fingerprint density at radius 2 is 1.72 bits per heavy atom. The number of amides is 2. The van der Waals surface area contributed by atoms with Gasteiger partial charge in [0.2, 0.25) is 11.8 Å². The summed E-state index contributed by atoms with van der Waals surface area (Å²) in [6.45, 7) is 6.65. The lowest BCUT2D eigenvalue weighted by molar-refractivity contribution is -0.134. The van der Waals surface area contributed by atoms with Gasteiger partial charge in [-0.25, -0.2) is 0 Å². The van der Waals surface area contributed by atoms with Gasteiger partial charge in [-0.2, -0.15) is 0 Å². The Morgan fingerprint density at radius 3 is 2.41 bits per heavy atom. The van der Waals surface area contributed by atoms with Crippen LogP contribution in [0.5, 0.6) is 0 Å². The second kappa shape index (κ2) is 9.26. The Kier molecular flexibility index (Phi) is 6.50. The minimum absolute atomic E-state index is 0.158. The molecular formula is C23H34N4O2. The van der Waals surface area contributed by atoms with Crippen molar-refractivity contribution >= 4 is 17.5 Å². The lowest BCUT2D eigenvalue weighted by atomic mass is 9.90. The summed E-state index contributed by atoms with van der Waals surface area (Å²) in [6, 6.07) is 8.38. The number of benzene rings is 1. The van der Waals surface area contributed by atoms with Crippen molar-refractivity contribution in [1.29, 1.82) is 0 Å². The molecule has 1 aromatic rings. The van der Waals surface area contributed by atoms with Crippen LogP contribution in [-0.4, -0.2) is 56.0 Å². The topological polar surface area (TPSA) is 78.7 Å². The van der Waals surface area contributed by atoms with Crippen molar-refractivity contribution in [1.82, 2.24) is 10.2 Å². The van der Waals surface area contributed by atoms with E-state index in [1.807, 2.05) is 0 Å². The fourth-order valence-corrected chi connectivity index (χ4v) is 5.18. The molecule has 1 aromatic carbocycles. The molecule has 0 saturated carbocycles. The maximum atomic E-state index is 12.1.